The summed E-state index contributed by atoms with van der Waals surface area (Å²) in [5.41, 5.74) is -5.56. The Bertz CT molecular complexity index is 1290. The first-order valence-electron chi connectivity index (χ1n) is 11.2. The summed E-state index contributed by atoms with van der Waals surface area (Å²) in [5, 5.41) is 2.69. The monoisotopic (exact) mass is 546 g/mol. The zero-order chi connectivity index (χ0) is 27.8. The summed E-state index contributed by atoms with van der Waals surface area (Å²) in [7, 11) is -5.90. The lowest BCUT2D eigenvalue weighted by Crippen LogP contribution is -2.54. The summed E-state index contributed by atoms with van der Waals surface area (Å²) < 4.78 is 84.8. The number of halogens is 4. The maximum absolute atomic E-state index is 14.2. The van der Waals surface area contributed by atoms with Crippen LogP contribution in [0.5, 0.6) is 5.75 Å². The smallest absolute Gasteiger partial charge is 0.444 e. The third-order valence-corrected chi connectivity index (χ3v) is 6.44. The van der Waals surface area contributed by atoms with Gasteiger partial charge in [-0.25, -0.2) is 9.18 Å². The molecule has 2 amide bonds. The molecule has 0 saturated heterocycles. The molecule has 0 spiro atoms. The van der Waals surface area contributed by atoms with Gasteiger partial charge in [-0.15, -0.1) is 0 Å². The number of nitrogens with one attached hydrogen (secondary N) is 1. The van der Waals surface area contributed by atoms with Gasteiger partial charge in [0.05, 0.1) is 12.6 Å². The Morgan fingerprint density at radius 3 is 2.32 bits per heavy atom. The maximum Gasteiger partial charge on any atom is 0.534 e. The van der Waals surface area contributed by atoms with Crippen molar-refractivity contribution >= 4 is 22.1 Å². The highest BCUT2D eigenvalue weighted by molar-refractivity contribution is 7.88. The summed E-state index contributed by atoms with van der Waals surface area (Å²) >= 11 is 0. The zero-order valence-electron chi connectivity index (χ0n) is 20.4. The van der Waals surface area contributed by atoms with Crippen LogP contribution < -0.4 is 9.50 Å². The molecule has 3 rings (SSSR count). The lowest BCUT2D eigenvalue weighted by atomic mass is 9.93. The van der Waals surface area contributed by atoms with Gasteiger partial charge in [-0.2, -0.15) is 21.6 Å². The van der Waals surface area contributed by atoms with E-state index in [0.29, 0.717) is 5.56 Å². The number of nitrogens with zero attached hydrogens (tertiary/aromatic N) is 1. The van der Waals surface area contributed by atoms with Crippen molar-refractivity contribution in [1.29, 1.82) is 0 Å². The Kier molecular flexibility index (Phi) is 7.77. The molecule has 202 valence electrons. The number of carbonyl (C=O) groups excluding carboxylic acids is 2. The summed E-state index contributed by atoms with van der Waals surface area (Å²) in [6.07, 6.45) is -0.928. The Hall–Kier alpha value is -3.35. The average molecular weight is 547 g/mol. The van der Waals surface area contributed by atoms with Crippen molar-refractivity contribution in [2.75, 3.05) is 0 Å². The second-order valence-electron chi connectivity index (χ2n) is 9.49. The minimum Gasteiger partial charge on any atom is -0.444 e. The summed E-state index contributed by atoms with van der Waals surface area (Å²) in [6.45, 7) is 6.15. The first-order chi connectivity index (χ1) is 17.0. The fourth-order valence-electron chi connectivity index (χ4n) is 3.75. The van der Waals surface area contributed by atoms with Crippen molar-refractivity contribution in [3.8, 4) is 5.75 Å². The average Bonchev–Trinajstić information content (AvgIpc) is 2.76. The number of alkyl halides is 3. The van der Waals surface area contributed by atoms with E-state index in [0.717, 1.165) is 17.0 Å². The van der Waals surface area contributed by atoms with Crippen molar-refractivity contribution in [2.24, 2.45) is 0 Å². The number of fused-ring (bicyclic) bond motifs is 1. The number of amides is 2. The van der Waals surface area contributed by atoms with Crippen LogP contribution in [0, 0.1) is 5.82 Å². The molecule has 0 aromatic heterocycles. The lowest BCUT2D eigenvalue weighted by Gasteiger charge is -2.37. The molecule has 0 radical (unpaired) electrons. The van der Waals surface area contributed by atoms with E-state index in [1.54, 1.807) is 33.8 Å². The number of carbonyl (C=O) groups is 2. The number of hydrogen-bond acceptors (Lipinski definition) is 6. The third-order valence-electron chi connectivity index (χ3n) is 5.46. The predicted molar refractivity (Wildman–Crippen MR) is 124 cm³/mol. The van der Waals surface area contributed by atoms with Gasteiger partial charge in [-0.3, -0.25) is 9.69 Å². The van der Waals surface area contributed by atoms with Gasteiger partial charge < -0.3 is 14.2 Å². The van der Waals surface area contributed by atoms with Gasteiger partial charge in [0.1, 0.15) is 23.2 Å². The Labute approximate surface area is 211 Å². The van der Waals surface area contributed by atoms with E-state index in [2.05, 4.69) is 9.50 Å². The number of ether oxygens (including phenoxy) is 1. The SMILES string of the molecule is C[C@@H](NC(=O)C1Cc2ccc(OS(=O)(=O)C(F)(F)F)cc2CN1C(=O)OC(C)(C)C)c1ccccc1F. The molecule has 1 aliphatic rings. The van der Waals surface area contributed by atoms with Gasteiger partial charge >= 0.3 is 21.7 Å². The van der Waals surface area contributed by atoms with E-state index in [9.17, 15) is 35.6 Å². The fourth-order valence-corrected chi connectivity index (χ4v) is 4.20. The predicted octanol–water partition coefficient (Wildman–Crippen LogP) is 4.59. The first kappa shape index (κ1) is 28.2. The molecule has 2 aromatic rings. The highest BCUT2D eigenvalue weighted by Gasteiger charge is 2.48. The normalized spacial score (nSPS) is 17.0. The molecule has 2 aromatic carbocycles. The van der Waals surface area contributed by atoms with Crippen LogP contribution >= 0.6 is 0 Å². The van der Waals surface area contributed by atoms with Gasteiger partial charge in [0, 0.05) is 12.0 Å². The molecule has 37 heavy (non-hydrogen) atoms. The van der Waals surface area contributed by atoms with Crippen molar-refractivity contribution in [2.45, 2.75) is 63.9 Å². The zero-order valence-corrected chi connectivity index (χ0v) is 21.2. The summed E-state index contributed by atoms with van der Waals surface area (Å²) in [4.78, 5) is 27.3. The molecule has 1 unspecified atom stereocenters. The maximum atomic E-state index is 14.2. The second kappa shape index (κ2) is 10.2. The molecule has 2 atom stereocenters. The number of hydrogen-bond donors (Lipinski definition) is 1. The standard InChI is InChI=1S/C24H26F4N2O6S/c1-14(18-7-5-6-8-19(18)25)29-21(31)20-12-15-9-10-17(36-37(33,34)24(26,27)28)11-16(15)13-30(20)22(32)35-23(2,3)4/h5-11,14,20H,12-13H2,1-4H3,(H,29,31)/t14-,20?/m1/s1. The van der Waals surface area contributed by atoms with Crippen LogP contribution in [0.15, 0.2) is 42.5 Å². The minimum absolute atomic E-state index is 0.0588. The van der Waals surface area contributed by atoms with Crippen molar-refractivity contribution in [3.05, 3.63) is 65.0 Å². The van der Waals surface area contributed by atoms with Gasteiger partial charge in [0.15, 0.2) is 0 Å². The Balaban J connectivity index is 1.91. The van der Waals surface area contributed by atoms with E-state index in [1.165, 1.54) is 24.3 Å². The van der Waals surface area contributed by atoms with Crippen LogP contribution in [-0.4, -0.2) is 42.5 Å². The largest absolute Gasteiger partial charge is 0.534 e. The Morgan fingerprint density at radius 2 is 1.73 bits per heavy atom. The number of benzene rings is 2. The van der Waals surface area contributed by atoms with Gasteiger partial charge in [-0.05, 0) is 57.0 Å². The van der Waals surface area contributed by atoms with Crippen LogP contribution in [-0.2, 0) is 32.6 Å². The topological polar surface area (TPSA) is 102 Å². The summed E-state index contributed by atoms with van der Waals surface area (Å²) in [6, 6.07) is 7.47. The molecule has 0 bridgehead atoms. The molecular formula is C24H26F4N2O6S. The molecule has 1 aliphatic heterocycles. The summed E-state index contributed by atoms with van der Waals surface area (Å²) in [5.74, 6) is -1.72. The van der Waals surface area contributed by atoms with Gasteiger partial charge in [0.25, 0.3) is 0 Å². The van der Waals surface area contributed by atoms with Crippen molar-refractivity contribution in [1.82, 2.24) is 10.2 Å². The van der Waals surface area contributed by atoms with Crippen LogP contribution in [0.1, 0.15) is 50.4 Å². The molecular weight excluding hydrogens is 520 g/mol. The number of rotatable bonds is 5. The van der Waals surface area contributed by atoms with Crippen LogP contribution in [0.25, 0.3) is 0 Å². The molecule has 1 N–H and O–H groups in total. The highest BCUT2D eigenvalue weighted by atomic mass is 32.2. The van der Waals surface area contributed by atoms with Gasteiger partial charge in [0.2, 0.25) is 5.91 Å². The van der Waals surface area contributed by atoms with E-state index in [-0.39, 0.29) is 24.1 Å². The lowest BCUT2D eigenvalue weighted by molar-refractivity contribution is -0.127. The van der Waals surface area contributed by atoms with Crippen molar-refractivity contribution in [3.63, 3.8) is 0 Å². The molecule has 0 aliphatic carbocycles. The van der Waals surface area contributed by atoms with Gasteiger partial charge in [-0.1, -0.05) is 24.3 Å². The molecule has 0 saturated carbocycles. The van der Waals surface area contributed by atoms with E-state index in [4.69, 9.17) is 4.74 Å². The third kappa shape index (κ3) is 6.70. The quantitative estimate of drug-likeness (QED) is 0.334. The molecule has 13 heteroatoms. The van der Waals surface area contributed by atoms with Crippen molar-refractivity contribution < 1.29 is 44.5 Å². The first-order valence-corrected chi connectivity index (χ1v) is 12.6. The molecule has 1 heterocycles. The fraction of sp³-hybridized carbons (Fsp3) is 0.417. The van der Waals surface area contributed by atoms with Crippen LogP contribution in [0.3, 0.4) is 0 Å². The molecule has 0 fully saturated rings. The van der Waals surface area contributed by atoms with E-state index >= 15 is 0 Å². The Morgan fingerprint density at radius 1 is 1.08 bits per heavy atom. The minimum atomic E-state index is -5.90. The molecule has 8 nitrogen and oxygen atoms in total. The second-order valence-corrected chi connectivity index (χ2v) is 11.0. The van der Waals surface area contributed by atoms with Crippen LogP contribution in [0.4, 0.5) is 22.4 Å². The highest BCUT2D eigenvalue weighted by Crippen LogP contribution is 2.32. The van der Waals surface area contributed by atoms with E-state index in [1.807, 2.05) is 0 Å². The van der Waals surface area contributed by atoms with E-state index < -0.39 is 56.9 Å². The van der Waals surface area contributed by atoms with Crippen LogP contribution in [0.2, 0.25) is 0 Å².